The van der Waals surface area contributed by atoms with E-state index < -0.39 is 5.79 Å². The van der Waals surface area contributed by atoms with Gasteiger partial charge in [-0.1, -0.05) is 70.4 Å². The van der Waals surface area contributed by atoms with Crippen molar-refractivity contribution in [1.82, 2.24) is 0 Å². The molecular formula is C23H44O4. The lowest BCUT2D eigenvalue weighted by molar-refractivity contribution is -0.146. The van der Waals surface area contributed by atoms with Crippen molar-refractivity contribution >= 4 is 0 Å². The van der Waals surface area contributed by atoms with Crippen molar-refractivity contribution in [2.24, 2.45) is 0 Å². The van der Waals surface area contributed by atoms with Crippen LogP contribution in [0.5, 0.6) is 0 Å². The Kier molecular flexibility index (Phi) is 14.1. The van der Waals surface area contributed by atoms with E-state index in [1.54, 1.807) is 7.11 Å². The number of methoxy groups -OCH3 is 1. The molecule has 0 N–H and O–H groups in total. The zero-order chi connectivity index (χ0) is 19.8. The maximum atomic E-state index is 5.76. The van der Waals surface area contributed by atoms with Crippen molar-refractivity contribution in [3.8, 4) is 0 Å². The molecule has 0 bridgehead atoms. The molecule has 2 atom stereocenters. The van der Waals surface area contributed by atoms with Gasteiger partial charge in [-0.25, -0.2) is 0 Å². The monoisotopic (exact) mass is 384 g/mol. The van der Waals surface area contributed by atoms with Gasteiger partial charge in [-0.05, 0) is 33.1 Å². The number of rotatable bonds is 17. The normalized spacial score (nSPS) is 20.5. The average Bonchev–Trinajstić information content (AvgIpc) is 2.99. The summed E-state index contributed by atoms with van der Waals surface area (Å²) in [6, 6.07) is 0. The van der Waals surface area contributed by atoms with E-state index in [0.717, 1.165) is 6.42 Å². The van der Waals surface area contributed by atoms with Crippen molar-refractivity contribution in [1.29, 1.82) is 0 Å². The maximum Gasteiger partial charge on any atom is 0.163 e. The lowest BCUT2D eigenvalue weighted by atomic mass is 10.1. The maximum absolute atomic E-state index is 5.76. The van der Waals surface area contributed by atoms with Crippen LogP contribution < -0.4 is 0 Å². The Morgan fingerprint density at radius 1 is 1.00 bits per heavy atom. The zero-order valence-electron chi connectivity index (χ0n) is 18.3. The molecule has 27 heavy (non-hydrogen) atoms. The summed E-state index contributed by atoms with van der Waals surface area (Å²) in [7, 11) is 1.75. The first-order valence-electron chi connectivity index (χ1n) is 11.1. The van der Waals surface area contributed by atoms with E-state index in [1.165, 1.54) is 64.2 Å². The topological polar surface area (TPSA) is 36.9 Å². The van der Waals surface area contributed by atoms with Gasteiger partial charge in [0, 0.05) is 7.11 Å². The molecule has 160 valence electrons. The molecule has 1 rings (SSSR count). The Morgan fingerprint density at radius 2 is 1.67 bits per heavy atom. The van der Waals surface area contributed by atoms with E-state index in [4.69, 9.17) is 18.9 Å². The molecule has 0 amide bonds. The molecule has 4 heteroatoms. The van der Waals surface area contributed by atoms with Crippen molar-refractivity contribution < 1.29 is 18.9 Å². The lowest BCUT2D eigenvalue weighted by Gasteiger charge is -2.18. The fourth-order valence-corrected chi connectivity index (χ4v) is 3.35. The molecule has 0 aromatic rings. The molecule has 2 unspecified atom stereocenters. The van der Waals surface area contributed by atoms with E-state index >= 15 is 0 Å². The van der Waals surface area contributed by atoms with Crippen molar-refractivity contribution in [3.63, 3.8) is 0 Å². The highest BCUT2D eigenvalue weighted by Gasteiger charge is 2.32. The predicted octanol–water partition coefficient (Wildman–Crippen LogP) is 6.04. The van der Waals surface area contributed by atoms with Crippen LogP contribution in [0.25, 0.3) is 0 Å². The summed E-state index contributed by atoms with van der Waals surface area (Å²) >= 11 is 0. The van der Waals surface area contributed by atoms with E-state index in [9.17, 15) is 0 Å². The highest BCUT2D eigenvalue weighted by Crippen LogP contribution is 2.22. The van der Waals surface area contributed by atoms with Gasteiger partial charge in [-0.2, -0.15) is 0 Å². The summed E-state index contributed by atoms with van der Waals surface area (Å²) in [5.41, 5.74) is 0. The van der Waals surface area contributed by atoms with Crippen LogP contribution in [0.2, 0.25) is 0 Å². The molecule has 1 fully saturated rings. The average molecular weight is 385 g/mol. The third-order valence-corrected chi connectivity index (χ3v) is 5.05. The standard InChI is InChI=1S/C23H44O4/c1-5-6-7-8-9-10-11-12-13-14-15-16-17-21(24-4)18-25-19-22-20-26-23(2,3)27-22/h15-16,21-22H,5-14,17-20H2,1-4H3. The van der Waals surface area contributed by atoms with E-state index in [-0.39, 0.29) is 12.2 Å². The predicted molar refractivity (Wildman–Crippen MR) is 112 cm³/mol. The number of hydrogen-bond donors (Lipinski definition) is 0. The SMILES string of the molecule is CCCCCCCCCCCC=CCC(COCC1COC(C)(C)O1)OC. The molecule has 1 heterocycles. The zero-order valence-corrected chi connectivity index (χ0v) is 18.3. The molecule has 0 spiro atoms. The Bertz CT molecular complexity index is 367. The summed E-state index contributed by atoms with van der Waals surface area (Å²) in [5.74, 6) is -0.480. The van der Waals surface area contributed by atoms with Crippen LogP contribution in [0.15, 0.2) is 12.2 Å². The number of allylic oxidation sites excluding steroid dienone is 1. The first kappa shape index (κ1) is 24.6. The molecule has 0 aromatic carbocycles. The summed E-state index contributed by atoms with van der Waals surface area (Å²) < 4.78 is 22.5. The fraction of sp³-hybridized carbons (Fsp3) is 0.913. The van der Waals surface area contributed by atoms with Gasteiger partial charge in [0.15, 0.2) is 5.79 Å². The van der Waals surface area contributed by atoms with Crippen LogP contribution in [0.4, 0.5) is 0 Å². The summed E-state index contributed by atoms with van der Waals surface area (Å²) in [5, 5.41) is 0. The van der Waals surface area contributed by atoms with E-state index in [2.05, 4.69) is 19.1 Å². The molecular weight excluding hydrogens is 340 g/mol. The first-order valence-corrected chi connectivity index (χ1v) is 11.1. The minimum absolute atomic E-state index is 0.0275. The Balaban J connectivity index is 1.93. The second-order valence-corrected chi connectivity index (χ2v) is 8.17. The first-order chi connectivity index (χ1) is 13.1. The fourth-order valence-electron chi connectivity index (χ4n) is 3.35. The van der Waals surface area contributed by atoms with Crippen LogP contribution >= 0.6 is 0 Å². The minimum Gasteiger partial charge on any atom is -0.379 e. The van der Waals surface area contributed by atoms with Crippen LogP contribution in [-0.2, 0) is 18.9 Å². The van der Waals surface area contributed by atoms with Crippen molar-refractivity contribution in [3.05, 3.63) is 12.2 Å². The molecule has 1 aliphatic heterocycles. The van der Waals surface area contributed by atoms with Crippen LogP contribution in [0.3, 0.4) is 0 Å². The second kappa shape index (κ2) is 15.5. The molecule has 1 aliphatic rings. The quantitative estimate of drug-likeness (QED) is 0.226. The van der Waals surface area contributed by atoms with E-state index in [0.29, 0.717) is 19.8 Å². The Morgan fingerprint density at radius 3 is 2.26 bits per heavy atom. The highest BCUT2D eigenvalue weighted by molar-refractivity contribution is 4.84. The van der Waals surface area contributed by atoms with Gasteiger partial charge in [0.2, 0.25) is 0 Å². The van der Waals surface area contributed by atoms with Gasteiger partial charge in [-0.3, -0.25) is 0 Å². The molecule has 0 saturated carbocycles. The van der Waals surface area contributed by atoms with Gasteiger partial charge in [0.1, 0.15) is 6.10 Å². The molecule has 0 aromatic heterocycles. The third-order valence-electron chi connectivity index (χ3n) is 5.05. The van der Waals surface area contributed by atoms with E-state index in [1.807, 2.05) is 13.8 Å². The van der Waals surface area contributed by atoms with Gasteiger partial charge in [0.05, 0.1) is 25.9 Å². The van der Waals surface area contributed by atoms with Crippen LogP contribution in [0.1, 0.15) is 91.4 Å². The summed E-state index contributed by atoms with van der Waals surface area (Å²) in [6.45, 7) is 7.90. The van der Waals surface area contributed by atoms with Crippen LogP contribution in [0, 0.1) is 0 Å². The largest absolute Gasteiger partial charge is 0.379 e. The molecule has 4 nitrogen and oxygen atoms in total. The highest BCUT2D eigenvalue weighted by atomic mass is 16.7. The summed E-state index contributed by atoms with van der Waals surface area (Å²) in [4.78, 5) is 0. The van der Waals surface area contributed by atoms with Crippen molar-refractivity contribution in [2.45, 2.75) is 109 Å². The van der Waals surface area contributed by atoms with Crippen LogP contribution in [-0.4, -0.2) is 44.9 Å². The lowest BCUT2D eigenvalue weighted by Crippen LogP contribution is -2.26. The molecule has 0 radical (unpaired) electrons. The number of ether oxygens (including phenoxy) is 4. The summed E-state index contributed by atoms with van der Waals surface area (Å²) in [6.07, 6.45) is 19.2. The van der Waals surface area contributed by atoms with Gasteiger partial charge >= 0.3 is 0 Å². The smallest absolute Gasteiger partial charge is 0.163 e. The number of hydrogen-bond acceptors (Lipinski definition) is 4. The van der Waals surface area contributed by atoms with Gasteiger partial charge in [0.25, 0.3) is 0 Å². The van der Waals surface area contributed by atoms with Crippen molar-refractivity contribution in [2.75, 3.05) is 26.9 Å². The molecule has 1 saturated heterocycles. The minimum atomic E-state index is -0.480. The second-order valence-electron chi connectivity index (χ2n) is 8.17. The third kappa shape index (κ3) is 13.4. The molecule has 0 aliphatic carbocycles. The Labute approximate surface area is 168 Å². The number of unbranched alkanes of at least 4 members (excludes halogenated alkanes) is 9. The van der Waals surface area contributed by atoms with Gasteiger partial charge < -0.3 is 18.9 Å². The van der Waals surface area contributed by atoms with Gasteiger partial charge in [-0.15, -0.1) is 0 Å². The Hall–Kier alpha value is -0.420.